The van der Waals surface area contributed by atoms with Crippen molar-refractivity contribution in [3.8, 4) is 0 Å². The van der Waals surface area contributed by atoms with Crippen LogP contribution in [0.3, 0.4) is 0 Å². The number of rotatable bonds is 6. The van der Waals surface area contributed by atoms with Gasteiger partial charge in [0, 0.05) is 13.1 Å². The summed E-state index contributed by atoms with van der Waals surface area (Å²) >= 11 is 5.81. The van der Waals surface area contributed by atoms with Crippen molar-refractivity contribution >= 4 is 34.0 Å². The van der Waals surface area contributed by atoms with Crippen LogP contribution in [0.25, 0.3) is 0 Å². The molecule has 1 aromatic rings. The third kappa shape index (κ3) is 5.23. The van der Waals surface area contributed by atoms with Crippen LogP contribution >= 0.6 is 24.0 Å². The van der Waals surface area contributed by atoms with Gasteiger partial charge < -0.3 is 5.32 Å². The van der Waals surface area contributed by atoms with E-state index in [1.54, 1.807) is 18.2 Å². The van der Waals surface area contributed by atoms with Crippen molar-refractivity contribution in [1.82, 2.24) is 10.0 Å². The third-order valence-electron chi connectivity index (χ3n) is 1.97. The van der Waals surface area contributed by atoms with Crippen molar-refractivity contribution in [3.05, 3.63) is 29.3 Å². The summed E-state index contributed by atoms with van der Waals surface area (Å²) in [7, 11) is -3.49. The van der Waals surface area contributed by atoms with Crippen molar-refractivity contribution in [3.63, 3.8) is 0 Å². The summed E-state index contributed by atoms with van der Waals surface area (Å²) in [5.41, 5.74) is 0. The molecule has 0 fully saturated rings. The lowest BCUT2D eigenvalue weighted by molar-refractivity contribution is 0.577. The molecule has 0 atom stereocenters. The minimum absolute atomic E-state index is 0. The van der Waals surface area contributed by atoms with Gasteiger partial charge in [0.2, 0.25) is 10.0 Å². The lowest BCUT2D eigenvalue weighted by Crippen LogP contribution is -2.31. The summed E-state index contributed by atoms with van der Waals surface area (Å²) in [5, 5.41) is 3.26. The number of benzene rings is 1. The molecule has 0 amide bonds. The summed E-state index contributed by atoms with van der Waals surface area (Å²) in [6.07, 6.45) is 0. The molecule has 0 aliphatic rings. The Hall–Kier alpha value is -0.330. The summed E-state index contributed by atoms with van der Waals surface area (Å²) in [4.78, 5) is 0.119. The lowest BCUT2D eigenvalue weighted by atomic mass is 10.4. The van der Waals surface area contributed by atoms with E-state index in [1.807, 2.05) is 6.92 Å². The molecule has 0 aliphatic carbocycles. The molecule has 0 saturated carbocycles. The summed E-state index contributed by atoms with van der Waals surface area (Å²) in [6, 6.07) is 6.38. The van der Waals surface area contributed by atoms with Crippen LogP contribution in [0.15, 0.2) is 29.2 Å². The van der Waals surface area contributed by atoms with E-state index >= 15 is 0 Å². The van der Waals surface area contributed by atoms with Crippen molar-refractivity contribution in [2.24, 2.45) is 0 Å². The molecule has 2 N–H and O–H groups in total. The fourth-order valence-electron chi connectivity index (χ4n) is 1.19. The zero-order valence-electron chi connectivity index (χ0n) is 9.44. The van der Waals surface area contributed by atoms with Crippen LogP contribution in [0, 0.1) is 0 Å². The molecule has 7 heteroatoms. The molecule has 0 aromatic heterocycles. The second-order valence-corrected chi connectivity index (χ2v) is 5.32. The largest absolute Gasteiger partial charge is 0.316 e. The van der Waals surface area contributed by atoms with E-state index in [1.165, 1.54) is 6.07 Å². The monoisotopic (exact) mass is 298 g/mol. The van der Waals surface area contributed by atoms with E-state index in [4.69, 9.17) is 11.6 Å². The number of hydrogen-bond donors (Lipinski definition) is 2. The molecule has 0 heterocycles. The number of sulfonamides is 1. The Morgan fingerprint density at radius 2 is 1.88 bits per heavy atom. The SMILES string of the molecule is CCNCCNS(=O)(=O)c1ccccc1Cl.Cl. The highest BCUT2D eigenvalue weighted by Gasteiger charge is 2.15. The molecule has 0 aliphatic heterocycles. The third-order valence-corrected chi connectivity index (χ3v) is 3.93. The maximum absolute atomic E-state index is 11.8. The van der Waals surface area contributed by atoms with Gasteiger partial charge in [-0.15, -0.1) is 12.4 Å². The first-order valence-electron chi connectivity index (χ1n) is 5.03. The van der Waals surface area contributed by atoms with Gasteiger partial charge in [0.15, 0.2) is 0 Å². The first kappa shape index (κ1) is 16.7. The number of likely N-dealkylation sites (N-methyl/N-ethyl adjacent to an activating group) is 1. The molecule has 1 rings (SSSR count). The molecule has 0 radical (unpaired) electrons. The van der Waals surface area contributed by atoms with E-state index in [0.29, 0.717) is 13.1 Å². The Morgan fingerprint density at radius 3 is 2.47 bits per heavy atom. The molecule has 0 spiro atoms. The highest BCUT2D eigenvalue weighted by molar-refractivity contribution is 7.89. The summed E-state index contributed by atoms with van der Waals surface area (Å²) in [5.74, 6) is 0. The van der Waals surface area contributed by atoms with E-state index in [0.717, 1.165) is 6.54 Å². The van der Waals surface area contributed by atoms with E-state index in [2.05, 4.69) is 10.0 Å². The van der Waals surface area contributed by atoms with Gasteiger partial charge in [-0.25, -0.2) is 13.1 Å². The van der Waals surface area contributed by atoms with Gasteiger partial charge in [0.1, 0.15) is 4.90 Å². The second kappa shape index (κ2) is 7.89. The van der Waals surface area contributed by atoms with Crippen LogP contribution in [0.2, 0.25) is 5.02 Å². The number of halogens is 2. The van der Waals surface area contributed by atoms with Crippen LogP contribution in [-0.2, 0) is 10.0 Å². The Labute approximate surface area is 113 Å². The second-order valence-electron chi connectivity index (χ2n) is 3.18. The van der Waals surface area contributed by atoms with Crippen molar-refractivity contribution in [2.45, 2.75) is 11.8 Å². The van der Waals surface area contributed by atoms with Gasteiger partial charge in [-0.2, -0.15) is 0 Å². The standard InChI is InChI=1S/C10H15ClN2O2S.ClH/c1-2-12-7-8-13-16(14,15)10-6-4-3-5-9(10)11;/h3-6,12-13H,2,7-8H2,1H3;1H. The molecule has 0 bridgehead atoms. The fourth-order valence-corrected chi connectivity index (χ4v) is 2.74. The zero-order valence-corrected chi connectivity index (χ0v) is 11.8. The predicted molar refractivity (Wildman–Crippen MR) is 72.4 cm³/mol. The molecule has 17 heavy (non-hydrogen) atoms. The van der Waals surface area contributed by atoms with Gasteiger partial charge in [-0.3, -0.25) is 0 Å². The van der Waals surface area contributed by atoms with Crippen LogP contribution in [0.4, 0.5) is 0 Å². The fraction of sp³-hybridized carbons (Fsp3) is 0.400. The van der Waals surface area contributed by atoms with Gasteiger partial charge in [0.25, 0.3) is 0 Å². The summed E-state index contributed by atoms with van der Waals surface area (Å²) < 4.78 is 26.1. The lowest BCUT2D eigenvalue weighted by Gasteiger charge is -2.08. The van der Waals surface area contributed by atoms with Crippen LogP contribution < -0.4 is 10.0 Å². The van der Waals surface area contributed by atoms with E-state index < -0.39 is 10.0 Å². The van der Waals surface area contributed by atoms with Crippen molar-refractivity contribution in [2.75, 3.05) is 19.6 Å². The highest BCUT2D eigenvalue weighted by Crippen LogP contribution is 2.19. The molecule has 1 aromatic carbocycles. The average Bonchev–Trinajstić information content (AvgIpc) is 2.25. The summed E-state index contributed by atoms with van der Waals surface area (Å²) in [6.45, 7) is 3.72. The van der Waals surface area contributed by atoms with E-state index in [9.17, 15) is 8.42 Å². The minimum Gasteiger partial charge on any atom is -0.316 e. The molecule has 0 saturated heterocycles. The zero-order chi connectivity index (χ0) is 12.0. The topological polar surface area (TPSA) is 58.2 Å². The first-order chi connectivity index (χ1) is 7.58. The average molecular weight is 299 g/mol. The molecule has 4 nitrogen and oxygen atoms in total. The smallest absolute Gasteiger partial charge is 0.242 e. The van der Waals surface area contributed by atoms with Gasteiger partial charge in [0.05, 0.1) is 5.02 Å². The molecular weight excluding hydrogens is 283 g/mol. The number of nitrogens with one attached hydrogen (secondary N) is 2. The Bertz CT molecular complexity index is 438. The normalized spacial score (nSPS) is 10.9. The minimum atomic E-state index is -3.49. The maximum atomic E-state index is 11.8. The Kier molecular flexibility index (Phi) is 7.74. The predicted octanol–water partition coefficient (Wildman–Crippen LogP) is 1.65. The Balaban J connectivity index is 0.00000256. The van der Waals surface area contributed by atoms with Crippen molar-refractivity contribution in [1.29, 1.82) is 0 Å². The highest BCUT2D eigenvalue weighted by atomic mass is 35.5. The van der Waals surface area contributed by atoms with Gasteiger partial charge >= 0.3 is 0 Å². The quantitative estimate of drug-likeness (QED) is 0.785. The van der Waals surface area contributed by atoms with Crippen LogP contribution in [0.1, 0.15) is 6.92 Å². The Morgan fingerprint density at radius 1 is 1.24 bits per heavy atom. The van der Waals surface area contributed by atoms with Crippen LogP contribution in [0.5, 0.6) is 0 Å². The van der Waals surface area contributed by atoms with Gasteiger partial charge in [-0.05, 0) is 18.7 Å². The molecule has 98 valence electrons. The maximum Gasteiger partial charge on any atom is 0.242 e. The number of hydrogen-bond acceptors (Lipinski definition) is 3. The van der Waals surface area contributed by atoms with Gasteiger partial charge in [-0.1, -0.05) is 30.7 Å². The molecular formula is C10H16Cl2N2O2S. The first-order valence-corrected chi connectivity index (χ1v) is 6.89. The molecule has 0 unspecified atom stereocenters. The van der Waals surface area contributed by atoms with Crippen molar-refractivity contribution < 1.29 is 8.42 Å². The van der Waals surface area contributed by atoms with E-state index in [-0.39, 0.29) is 22.3 Å². The van der Waals surface area contributed by atoms with Crippen LogP contribution in [-0.4, -0.2) is 28.1 Å².